The Morgan fingerprint density at radius 3 is 2.47 bits per heavy atom. The first-order valence-electron chi connectivity index (χ1n) is 4.65. The number of rotatable bonds is 2. The van der Waals surface area contributed by atoms with Crippen molar-refractivity contribution in [2.75, 3.05) is 11.1 Å². The van der Waals surface area contributed by atoms with E-state index in [1.165, 1.54) is 5.56 Å². The Bertz CT molecular complexity index is 457. The van der Waals surface area contributed by atoms with Gasteiger partial charge >= 0.3 is 0 Å². The molecule has 1 aromatic carbocycles. The minimum absolute atomic E-state index is 0.270. The minimum Gasteiger partial charge on any atom is -0.366 e. The molecule has 15 heavy (non-hydrogen) atoms. The summed E-state index contributed by atoms with van der Waals surface area (Å²) in [6.07, 6.45) is 0. The van der Waals surface area contributed by atoms with Gasteiger partial charge in [0.2, 0.25) is 11.9 Å². The monoisotopic (exact) mass is 203 g/mol. The van der Waals surface area contributed by atoms with Crippen LogP contribution in [0.15, 0.2) is 24.3 Å². The fraction of sp³-hybridized carbons (Fsp3) is 0.200. The molecule has 0 saturated carbocycles. The maximum Gasteiger partial charge on any atom is 0.241 e. The molecule has 0 radical (unpaired) electrons. The van der Waals surface area contributed by atoms with Crippen molar-refractivity contribution in [2.45, 2.75) is 6.92 Å². The van der Waals surface area contributed by atoms with Crippen LogP contribution in [0.1, 0.15) is 5.56 Å². The van der Waals surface area contributed by atoms with E-state index in [-0.39, 0.29) is 5.95 Å². The van der Waals surface area contributed by atoms with Crippen molar-refractivity contribution >= 4 is 17.6 Å². The third-order valence-electron chi connectivity index (χ3n) is 2.09. The van der Waals surface area contributed by atoms with E-state index in [1.807, 2.05) is 31.2 Å². The van der Waals surface area contributed by atoms with Gasteiger partial charge in [0.1, 0.15) is 0 Å². The standard InChI is InChI=1S/C10H13N5/c1-7-3-5-8(6-4-7)12-10-13-9(11)14-15(10)2/h3-6H,1-2H3,(H3,11,12,13,14). The first-order valence-corrected chi connectivity index (χ1v) is 4.65. The van der Waals surface area contributed by atoms with Crippen molar-refractivity contribution in [3.63, 3.8) is 0 Å². The number of aromatic nitrogens is 3. The van der Waals surface area contributed by atoms with Crippen LogP contribution in [0.5, 0.6) is 0 Å². The number of nitrogens with one attached hydrogen (secondary N) is 1. The first kappa shape index (κ1) is 9.51. The molecule has 0 fully saturated rings. The number of anilines is 3. The van der Waals surface area contributed by atoms with Crippen LogP contribution in [-0.2, 0) is 7.05 Å². The minimum atomic E-state index is 0.270. The first-order chi connectivity index (χ1) is 7.15. The highest BCUT2D eigenvalue weighted by molar-refractivity contribution is 5.54. The smallest absolute Gasteiger partial charge is 0.241 e. The van der Waals surface area contributed by atoms with Gasteiger partial charge in [0.05, 0.1) is 0 Å². The Balaban J connectivity index is 2.21. The van der Waals surface area contributed by atoms with Crippen LogP contribution < -0.4 is 11.1 Å². The molecule has 0 bridgehead atoms. The Kier molecular flexibility index (Phi) is 2.29. The summed E-state index contributed by atoms with van der Waals surface area (Å²) in [4.78, 5) is 4.05. The van der Waals surface area contributed by atoms with Crippen LogP contribution in [-0.4, -0.2) is 14.8 Å². The second-order valence-corrected chi connectivity index (χ2v) is 3.41. The topological polar surface area (TPSA) is 68.8 Å². The average molecular weight is 203 g/mol. The fourth-order valence-corrected chi connectivity index (χ4v) is 1.28. The molecule has 1 aromatic heterocycles. The number of nitrogens with zero attached hydrogens (tertiary/aromatic N) is 3. The van der Waals surface area contributed by atoms with Crippen molar-refractivity contribution in [3.8, 4) is 0 Å². The molecule has 0 saturated heterocycles. The van der Waals surface area contributed by atoms with Gasteiger partial charge in [-0.15, -0.1) is 5.10 Å². The van der Waals surface area contributed by atoms with Crippen molar-refractivity contribution < 1.29 is 0 Å². The highest BCUT2D eigenvalue weighted by Gasteiger charge is 2.03. The predicted molar refractivity (Wildman–Crippen MR) is 59.9 cm³/mol. The highest BCUT2D eigenvalue weighted by atomic mass is 15.4. The lowest BCUT2D eigenvalue weighted by Crippen LogP contribution is -2.00. The quantitative estimate of drug-likeness (QED) is 0.775. The predicted octanol–water partition coefficient (Wildman–Crippen LogP) is 1.45. The number of hydrogen-bond acceptors (Lipinski definition) is 4. The maximum absolute atomic E-state index is 5.47. The number of hydrogen-bond donors (Lipinski definition) is 2. The third-order valence-corrected chi connectivity index (χ3v) is 2.09. The Labute approximate surface area is 87.9 Å². The number of benzene rings is 1. The van der Waals surface area contributed by atoms with Crippen LogP contribution in [0.4, 0.5) is 17.6 Å². The van der Waals surface area contributed by atoms with Gasteiger partial charge in [0.15, 0.2) is 0 Å². The summed E-state index contributed by atoms with van der Waals surface area (Å²) in [6, 6.07) is 8.03. The lowest BCUT2D eigenvalue weighted by molar-refractivity contribution is 0.779. The summed E-state index contributed by atoms with van der Waals surface area (Å²) >= 11 is 0. The largest absolute Gasteiger partial charge is 0.366 e. The molecule has 5 nitrogen and oxygen atoms in total. The van der Waals surface area contributed by atoms with Gasteiger partial charge in [-0.05, 0) is 19.1 Å². The van der Waals surface area contributed by atoms with Gasteiger partial charge < -0.3 is 11.1 Å². The second kappa shape index (κ2) is 3.61. The molecule has 0 aliphatic heterocycles. The zero-order valence-corrected chi connectivity index (χ0v) is 8.73. The van der Waals surface area contributed by atoms with Crippen molar-refractivity contribution in [1.29, 1.82) is 0 Å². The Morgan fingerprint density at radius 1 is 1.27 bits per heavy atom. The van der Waals surface area contributed by atoms with Gasteiger partial charge in [0, 0.05) is 12.7 Å². The molecule has 0 amide bonds. The van der Waals surface area contributed by atoms with Crippen LogP contribution in [0.2, 0.25) is 0 Å². The second-order valence-electron chi connectivity index (χ2n) is 3.41. The van der Waals surface area contributed by atoms with Crippen LogP contribution in [0.3, 0.4) is 0 Å². The van der Waals surface area contributed by atoms with E-state index in [2.05, 4.69) is 15.4 Å². The number of nitrogen functional groups attached to an aromatic ring is 1. The molecule has 0 unspecified atom stereocenters. The van der Waals surface area contributed by atoms with E-state index in [4.69, 9.17) is 5.73 Å². The van der Waals surface area contributed by atoms with Gasteiger partial charge in [-0.1, -0.05) is 17.7 Å². The van der Waals surface area contributed by atoms with Gasteiger partial charge in [0.25, 0.3) is 0 Å². The van der Waals surface area contributed by atoms with E-state index in [0.717, 1.165) is 5.69 Å². The number of nitrogens with two attached hydrogens (primary N) is 1. The lowest BCUT2D eigenvalue weighted by atomic mass is 10.2. The molecule has 2 aromatic rings. The van der Waals surface area contributed by atoms with E-state index in [1.54, 1.807) is 11.7 Å². The summed E-state index contributed by atoms with van der Waals surface area (Å²) in [5.41, 5.74) is 7.66. The van der Waals surface area contributed by atoms with E-state index >= 15 is 0 Å². The molecule has 78 valence electrons. The van der Waals surface area contributed by atoms with E-state index in [0.29, 0.717) is 5.95 Å². The summed E-state index contributed by atoms with van der Waals surface area (Å²) in [6.45, 7) is 2.05. The number of aryl methyl sites for hydroxylation is 2. The molecule has 0 aliphatic rings. The molecule has 0 atom stereocenters. The summed E-state index contributed by atoms with van der Waals surface area (Å²) < 4.78 is 1.61. The average Bonchev–Trinajstić information content (AvgIpc) is 2.49. The lowest BCUT2D eigenvalue weighted by Gasteiger charge is -2.04. The van der Waals surface area contributed by atoms with Crippen molar-refractivity contribution in [1.82, 2.24) is 14.8 Å². The van der Waals surface area contributed by atoms with Gasteiger partial charge in [-0.25, -0.2) is 4.68 Å². The Hall–Kier alpha value is -2.04. The van der Waals surface area contributed by atoms with Crippen molar-refractivity contribution in [2.24, 2.45) is 7.05 Å². The van der Waals surface area contributed by atoms with Crippen LogP contribution >= 0.6 is 0 Å². The molecular formula is C10H13N5. The summed E-state index contributed by atoms with van der Waals surface area (Å²) in [7, 11) is 1.79. The zero-order chi connectivity index (χ0) is 10.8. The van der Waals surface area contributed by atoms with Crippen molar-refractivity contribution in [3.05, 3.63) is 29.8 Å². The normalized spacial score (nSPS) is 10.3. The summed E-state index contributed by atoms with van der Waals surface area (Å²) in [5.74, 6) is 0.906. The van der Waals surface area contributed by atoms with Gasteiger partial charge in [-0.2, -0.15) is 4.98 Å². The van der Waals surface area contributed by atoms with Crippen LogP contribution in [0.25, 0.3) is 0 Å². The van der Waals surface area contributed by atoms with Crippen LogP contribution in [0, 0.1) is 6.92 Å². The van der Waals surface area contributed by atoms with E-state index < -0.39 is 0 Å². The van der Waals surface area contributed by atoms with Gasteiger partial charge in [-0.3, -0.25) is 0 Å². The SMILES string of the molecule is Cc1ccc(Nc2nc(N)nn2C)cc1. The Morgan fingerprint density at radius 2 is 1.93 bits per heavy atom. The van der Waals surface area contributed by atoms with E-state index in [9.17, 15) is 0 Å². The molecular weight excluding hydrogens is 190 g/mol. The molecule has 1 heterocycles. The zero-order valence-electron chi connectivity index (χ0n) is 8.73. The fourth-order valence-electron chi connectivity index (χ4n) is 1.28. The molecule has 2 rings (SSSR count). The molecule has 0 spiro atoms. The molecule has 5 heteroatoms. The maximum atomic E-state index is 5.47. The molecule has 0 aliphatic carbocycles. The summed E-state index contributed by atoms with van der Waals surface area (Å²) in [5, 5.41) is 7.08. The molecule has 3 N–H and O–H groups in total. The third kappa shape index (κ3) is 2.07. The highest BCUT2D eigenvalue weighted by Crippen LogP contribution is 2.14.